The third-order valence-electron chi connectivity index (χ3n) is 5.51. The van der Waals surface area contributed by atoms with Crippen LogP contribution in [0.25, 0.3) is 0 Å². The van der Waals surface area contributed by atoms with Crippen molar-refractivity contribution < 1.29 is 22.7 Å². The maximum Gasteiger partial charge on any atom is 0.243 e. The second kappa shape index (κ2) is 8.45. The molecule has 0 saturated carbocycles. The van der Waals surface area contributed by atoms with E-state index in [0.717, 1.165) is 16.0 Å². The molecular formula is C23H23NO5S2. The quantitative estimate of drug-likeness (QED) is 0.516. The van der Waals surface area contributed by atoms with Crippen molar-refractivity contribution in [2.24, 2.45) is 0 Å². The summed E-state index contributed by atoms with van der Waals surface area (Å²) in [5.41, 5.74) is 2.40. The highest BCUT2D eigenvalue weighted by atomic mass is 32.2. The van der Waals surface area contributed by atoms with Crippen LogP contribution in [-0.2, 0) is 16.4 Å². The van der Waals surface area contributed by atoms with Crippen molar-refractivity contribution in [3.05, 3.63) is 75.5 Å². The largest absolute Gasteiger partial charge is 0.493 e. The number of sulfonamides is 1. The van der Waals surface area contributed by atoms with Crippen LogP contribution in [-0.4, -0.2) is 39.3 Å². The molecular weight excluding hydrogens is 434 g/mol. The standard InChI is InChI=1S/C23H23NO5S2/c1-15(25)16-6-8-18(9-7-16)31(26,27)24-11-10-17-13-20(28-2)21(29-3)14-19(17)23(24)22-5-4-12-30-22/h4-9,12-14,23H,10-11H2,1-3H3. The zero-order valence-corrected chi connectivity index (χ0v) is 19.1. The monoisotopic (exact) mass is 457 g/mol. The van der Waals surface area contributed by atoms with Crippen molar-refractivity contribution >= 4 is 27.1 Å². The summed E-state index contributed by atoms with van der Waals surface area (Å²) < 4.78 is 39.8. The maximum absolute atomic E-state index is 13.7. The van der Waals surface area contributed by atoms with E-state index in [1.165, 1.54) is 34.7 Å². The molecule has 162 valence electrons. The summed E-state index contributed by atoms with van der Waals surface area (Å²) in [4.78, 5) is 12.7. The van der Waals surface area contributed by atoms with Crippen molar-refractivity contribution in [2.75, 3.05) is 20.8 Å². The molecule has 0 bridgehead atoms. The molecule has 1 aromatic heterocycles. The minimum absolute atomic E-state index is 0.103. The Hall–Kier alpha value is -2.68. The van der Waals surface area contributed by atoms with Gasteiger partial charge in [0, 0.05) is 17.0 Å². The van der Waals surface area contributed by atoms with Crippen molar-refractivity contribution in [1.82, 2.24) is 4.31 Å². The van der Waals surface area contributed by atoms with Crippen LogP contribution >= 0.6 is 11.3 Å². The molecule has 4 rings (SSSR count). The lowest BCUT2D eigenvalue weighted by atomic mass is 9.92. The highest BCUT2D eigenvalue weighted by Crippen LogP contribution is 2.44. The Labute approximate surface area is 186 Å². The molecule has 0 fully saturated rings. The van der Waals surface area contributed by atoms with Gasteiger partial charge < -0.3 is 9.47 Å². The minimum Gasteiger partial charge on any atom is -0.493 e. The molecule has 2 aromatic carbocycles. The SMILES string of the molecule is COc1cc2c(cc1OC)C(c1cccs1)N(S(=O)(=O)c1ccc(C(C)=O)cc1)CC2. The summed E-state index contributed by atoms with van der Waals surface area (Å²) in [6.45, 7) is 1.79. The Bertz CT molecular complexity index is 1200. The van der Waals surface area contributed by atoms with Crippen LogP contribution in [0, 0.1) is 0 Å². The number of rotatable bonds is 6. The Morgan fingerprint density at radius 3 is 2.32 bits per heavy atom. The van der Waals surface area contributed by atoms with Crippen LogP contribution in [0.4, 0.5) is 0 Å². The molecule has 8 heteroatoms. The highest BCUT2D eigenvalue weighted by Gasteiger charge is 2.38. The average Bonchev–Trinajstić information content (AvgIpc) is 3.31. The predicted octanol–water partition coefficient (Wildman–Crippen LogP) is 4.30. The van der Waals surface area contributed by atoms with Gasteiger partial charge in [0.15, 0.2) is 17.3 Å². The molecule has 2 heterocycles. The molecule has 0 radical (unpaired) electrons. The molecule has 1 aliphatic rings. The van der Waals surface area contributed by atoms with E-state index in [9.17, 15) is 13.2 Å². The van der Waals surface area contributed by atoms with Gasteiger partial charge in [-0.25, -0.2) is 8.42 Å². The van der Waals surface area contributed by atoms with Gasteiger partial charge >= 0.3 is 0 Å². The van der Waals surface area contributed by atoms with Crippen molar-refractivity contribution in [3.8, 4) is 11.5 Å². The number of Topliss-reactive ketones (excluding diaryl/α,β-unsaturated/α-hetero) is 1. The first-order valence-electron chi connectivity index (χ1n) is 9.78. The van der Waals surface area contributed by atoms with Gasteiger partial charge in [-0.05, 0) is 60.2 Å². The highest BCUT2D eigenvalue weighted by molar-refractivity contribution is 7.89. The summed E-state index contributed by atoms with van der Waals surface area (Å²) >= 11 is 1.52. The van der Waals surface area contributed by atoms with Gasteiger partial charge in [-0.2, -0.15) is 4.31 Å². The number of carbonyl (C=O) groups excluding carboxylic acids is 1. The van der Waals surface area contributed by atoms with E-state index < -0.39 is 16.1 Å². The van der Waals surface area contributed by atoms with Crippen molar-refractivity contribution in [3.63, 3.8) is 0 Å². The lowest BCUT2D eigenvalue weighted by molar-refractivity contribution is 0.101. The molecule has 0 spiro atoms. The number of ether oxygens (including phenoxy) is 2. The predicted molar refractivity (Wildman–Crippen MR) is 120 cm³/mol. The normalized spacial score (nSPS) is 16.5. The topological polar surface area (TPSA) is 72.9 Å². The van der Waals surface area contributed by atoms with Crippen LogP contribution < -0.4 is 9.47 Å². The van der Waals surface area contributed by atoms with Gasteiger partial charge in [0.05, 0.1) is 25.2 Å². The number of thiophene rings is 1. The Morgan fingerprint density at radius 1 is 1.06 bits per heavy atom. The molecule has 6 nitrogen and oxygen atoms in total. The fourth-order valence-electron chi connectivity index (χ4n) is 3.92. The average molecular weight is 458 g/mol. The summed E-state index contributed by atoms with van der Waals surface area (Å²) in [7, 11) is -0.645. The third kappa shape index (κ3) is 3.86. The number of hydrogen-bond acceptors (Lipinski definition) is 6. The van der Waals surface area contributed by atoms with Gasteiger partial charge in [0.1, 0.15) is 0 Å². The Kier molecular flexibility index (Phi) is 5.88. The summed E-state index contributed by atoms with van der Waals surface area (Å²) in [5.74, 6) is 1.09. The van der Waals surface area contributed by atoms with E-state index in [2.05, 4.69) is 0 Å². The van der Waals surface area contributed by atoms with E-state index in [1.54, 1.807) is 26.4 Å². The molecule has 1 atom stereocenters. The number of carbonyl (C=O) groups is 1. The molecule has 3 aromatic rings. The Morgan fingerprint density at radius 2 is 1.74 bits per heavy atom. The van der Waals surface area contributed by atoms with E-state index >= 15 is 0 Å². The number of hydrogen-bond donors (Lipinski definition) is 0. The van der Waals surface area contributed by atoms with Gasteiger partial charge in [-0.15, -0.1) is 11.3 Å². The smallest absolute Gasteiger partial charge is 0.243 e. The molecule has 0 aliphatic carbocycles. The van der Waals surface area contributed by atoms with Crippen LogP contribution in [0.15, 0.2) is 58.8 Å². The fraction of sp³-hybridized carbons (Fsp3) is 0.261. The third-order valence-corrected chi connectivity index (χ3v) is 8.31. The van der Waals surface area contributed by atoms with E-state index in [0.29, 0.717) is 30.0 Å². The second-order valence-electron chi connectivity index (χ2n) is 7.27. The number of benzene rings is 2. The van der Waals surface area contributed by atoms with Gasteiger partial charge in [0.2, 0.25) is 10.0 Å². The number of fused-ring (bicyclic) bond motifs is 1. The van der Waals surface area contributed by atoms with Crippen LogP contribution in [0.1, 0.15) is 39.3 Å². The van der Waals surface area contributed by atoms with Gasteiger partial charge in [0.25, 0.3) is 0 Å². The van der Waals surface area contributed by atoms with Crippen LogP contribution in [0.3, 0.4) is 0 Å². The zero-order valence-electron chi connectivity index (χ0n) is 17.5. The number of ketones is 1. The number of nitrogens with zero attached hydrogens (tertiary/aromatic N) is 1. The molecule has 0 N–H and O–H groups in total. The Balaban J connectivity index is 1.84. The summed E-state index contributed by atoms with van der Waals surface area (Å²) in [6.07, 6.45) is 0.558. The first-order chi connectivity index (χ1) is 14.9. The molecule has 1 aliphatic heterocycles. The van der Waals surface area contributed by atoms with E-state index in [-0.39, 0.29) is 10.7 Å². The van der Waals surface area contributed by atoms with Crippen LogP contribution in [0.5, 0.6) is 11.5 Å². The zero-order chi connectivity index (χ0) is 22.2. The molecule has 31 heavy (non-hydrogen) atoms. The lowest BCUT2D eigenvalue weighted by Crippen LogP contribution is -2.40. The maximum atomic E-state index is 13.7. The fourth-order valence-corrected chi connectivity index (χ4v) is 6.43. The van der Waals surface area contributed by atoms with E-state index in [4.69, 9.17) is 9.47 Å². The van der Waals surface area contributed by atoms with E-state index in [1.807, 2.05) is 29.6 Å². The first kappa shape index (κ1) is 21.5. The van der Waals surface area contributed by atoms with Crippen molar-refractivity contribution in [1.29, 1.82) is 0 Å². The van der Waals surface area contributed by atoms with Crippen LogP contribution in [0.2, 0.25) is 0 Å². The summed E-state index contributed by atoms with van der Waals surface area (Å²) in [6, 6.07) is 13.3. The molecule has 0 amide bonds. The molecule has 1 unspecified atom stereocenters. The van der Waals surface area contributed by atoms with Crippen molar-refractivity contribution in [2.45, 2.75) is 24.3 Å². The number of methoxy groups -OCH3 is 2. The minimum atomic E-state index is -3.80. The molecule has 0 saturated heterocycles. The summed E-state index contributed by atoms with van der Waals surface area (Å²) in [5, 5.41) is 1.94. The van der Waals surface area contributed by atoms with Gasteiger partial charge in [-0.1, -0.05) is 18.2 Å². The first-order valence-corrected chi connectivity index (χ1v) is 12.1. The second-order valence-corrected chi connectivity index (χ2v) is 10.1. The lowest BCUT2D eigenvalue weighted by Gasteiger charge is -2.36. The van der Waals surface area contributed by atoms with Gasteiger partial charge in [-0.3, -0.25) is 4.79 Å².